The van der Waals surface area contributed by atoms with Gasteiger partial charge in [-0.05, 0) is 31.6 Å². The van der Waals surface area contributed by atoms with Crippen molar-refractivity contribution in [2.45, 2.75) is 6.42 Å². The predicted molar refractivity (Wildman–Crippen MR) is 64.7 cm³/mol. The van der Waals surface area contributed by atoms with E-state index in [9.17, 15) is 9.18 Å². The Kier molecular flexibility index (Phi) is 4.23. The molecule has 0 aromatic heterocycles. The maximum atomic E-state index is 13.4. The van der Waals surface area contributed by atoms with Crippen LogP contribution in [0.15, 0.2) is 24.3 Å². The van der Waals surface area contributed by atoms with E-state index in [1.54, 1.807) is 18.2 Å². The van der Waals surface area contributed by atoms with Gasteiger partial charge in [0.25, 0.3) is 0 Å². The van der Waals surface area contributed by atoms with Gasteiger partial charge in [-0.2, -0.15) is 0 Å². The monoisotopic (exact) mass is 236 g/mol. The third-order valence-corrected chi connectivity index (χ3v) is 2.97. The van der Waals surface area contributed by atoms with E-state index in [1.165, 1.54) is 6.07 Å². The number of nitrogens with one attached hydrogen (secondary N) is 1. The molecule has 92 valence electrons. The molecule has 1 aromatic carbocycles. The van der Waals surface area contributed by atoms with Crippen molar-refractivity contribution in [1.82, 2.24) is 10.2 Å². The number of rotatable bonds is 3. The first kappa shape index (κ1) is 12.2. The lowest BCUT2D eigenvalue weighted by Gasteiger charge is -2.18. The summed E-state index contributed by atoms with van der Waals surface area (Å²) in [7, 11) is 0. The molecule has 1 N–H and O–H groups in total. The summed E-state index contributed by atoms with van der Waals surface area (Å²) >= 11 is 0. The fourth-order valence-electron chi connectivity index (χ4n) is 2.04. The first-order valence-electron chi connectivity index (χ1n) is 5.98. The normalized spacial score (nSPS) is 17.7. The van der Waals surface area contributed by atoms with Gasteiger partial charge >= 0.3 is 0 Å². The van der Waals surface area contributed by atoms with Crippen molar-refractivity contribution in [3.05, 3.63) is 35.6 Å². The molecule has 17 heavy (non-hydrogen) atoms. The fourth-order valence-corrected chi connectivity index (χ4v) is 2.04. The fraction of sp³-hybridized carbons (Fsp3) is 0.462. The number of hydrogen-bond acceptors (Lipinski definition) is 3. The Morgan fingerprint density at radius 1 is 1.29 bits per heavy atom. The minimum atomic E-state index is -0.426. The van der Waals surface area contributed by atoms with Gasteiger partial charge in [0.2, 0.25) is 0 Å². The van der Waals surface area contributed by atoms with Crippen LogP contribution < -0.4 is 5.32 Å². The summed E-state index contributed by atoms with van der Waals surface area (Å²) in [6.45, 7) is 3.94. The molecular weight excluding hydrogens is 219 g/mol. The molecule has 1 saturated heterocycles. The molecule has 0 radical (unpaired) electrons. The van der Waals surface area contributed by atoms with Gasteiger partial charge in [0.1, 0.15) is 5.82 Å². The summed E-state index contributed by atoms with van der Waals surface area (Å²) in [5, 5.41) is 3.27. The van der Waals surface area contributed by atoms with Gasteiger partial charge in [-0.3, -0.25) is 9.69 Å². The maximum Gasteiger partial charge on any atom is 0.179 e. The second-order valence-corrected chi connectivity index (χ2v) is 4.28. The zero-order valence-corrected chi connectivity index (χ0v) is 9.79. The van der Waals surface area contributed by atoms with Crippen LogP contribution in [0.25, 0.3) is 0 Å². The van der Waals surface area contributed by atoms with Crippen LogP contribution in [0.2, 0.25) is 0 Å². The molecule has 0 unspecified atom stereocenters. The molecule has 1 aliphatic rings. The SMILES string of the molecule is O=C(CN1CCCNCC1)c1ccccc1F. The molecule has 1 aliphatic heterocycles. The number of hydrogen-bond donors (Lipinski definition) is 1. The Morgan fingerprint density at radius 3 is 2.94 bits per heavy atom. The number of benzene rings is 1. The molecule has 0 aliphatic carbocycles. The molecule has 3 nitrogen and oxygen atoms in total. The summed E-state index contributed by atoms with van der Waals surface area (Å²) < 4.78 is 13.4. The van der Waals surface area contributed by atoms with Gasteiger partial charge in [-0.1, -0.05) is 12.1 Å². The molecule has 1 fully saturated rings. The van der Waals surface area contributed by atoms with Gasteiger partial charge in [0.05, 0.1) is 12.1 Å². The lowest BCUT2D eigenvalue weighted by atomic mass is 10.1. The Labute approximate surface area is 101 Å². The summed E-state index contributed by atoms with van der Waals surface area (Å²) in [4.78, 5) is 14.0. The number of carbonyl (C=O) groups is 1. The summed E-state index contributed by atoms with van der Waals surface area (Å²) in [5.74, 6) is -0.560. The average Bonchev–Trinajstić information content (AvgIpc) is 2.58. The van der Waals surface area contributed by atoms with Crippen molar-refractivity contribution in [3.63, 3.8) is 0 Å². The van der Waals surface area contributed by atoms with E-state index < -0.39 is 5.82 Å². The highest BCUT2D eigenvalue weighted by Gasteiger charge is 2.16. The number of Topliss-reactive ketones (excluding diaryl/α,β-unsaturated/α-hetero) is 1. The van der Waals surface area contributed by atoms with Crippen molar-refractivity contribution in [1.29, 1.82) is 0 Å². The molecule has 1 aromatic rings. The Morgan fingerprint density at radius 2 is 2.12 bits per heavy atom. The first-order valence-corrected chi connectivity index (χ1v) is 5.98. The summed E-state index contributed by atoms with van der Waals surface area (Å²) in [6.07, 6.45) is 1.03. The molecule has 0 spiro atoms. The lowest BCUT2D eigenvalue weighted by Crippen LogP contribution is -2.33. The third-order valence-electron chi connectivity index (χ3n) is 2.97. The van der Waals surface area contributed by atoms with Gasteiger partial charge in [0, 0.05) is 13.1 Å². The molecule has 1 heterocycles. The van der Waals surface area contributed by atoms with E-state index in [0.717, 1.165) is 32.6 Å². The van der Waals surface area contributed by atoms with Gasteiger partial charge < -0.3 is 5.32 Å². The van der Waals surface area contributed by atoms with Gasteiger partial charge in [-0.25, -0.2) is 4.39 Å². The van der Waals surface area contributed by atoms with Crippen molar-refractivity contribution < 1.29 is 9.18 Å². The number of nitrogens with zero attached hydrogens (tertiary/aromatic N) is 1. The zero-order chi connectivity index (χ0) is 12.1. The minimum Gasteiger partial charge on any atom is -0.315 e. The maximum absolute atomic E-state index is 13.4. The zero-order valence-electron chi connectivity index (χ0n) is 9.79. The number of halogens is 1. The van der Waals surface area contributed by atoms with E-state index >= 15 is 0 Å². The van der Waals surface area contributed by atoms with E-state index in [1.807, 2.05) is 0 Å². The van der Waals surface area contributed by atoms with E-state index in [2.05, 4.69) is 10.2 Å². The second kappa shape index (κ2) is 5.89. The number of ketones is 1. The predicted octanol–water partition coefficient (Wildman–Crippen LogP) is 1.30. The second-order valence-electron chi connectivity index (χ2n) is 4.28. The van der Waals surface area contributed by atoms with Crippen LogP contribution in [0.1, 0.15) is 16.8 Å². The van der Waals surface area contributed by atoms with Crippen molar-refractivity contribution in [2.24, 2.45) is 0 Å². The van der Waals surface area contributed by atoms with Crippen LogP contribution >= 0.6 is 0 Å². The molecule has 0 saturated carbocycles. The topological polar surface area (TPSA) is 32.3 Å². The Hall–Kier alpha value is -1.26. The van der Waals surface area contributed by atoms with Gasteiger partial charge in [0.15, 0.2) is 5.78 Å². The van der Waals surface area contributed by atoms with Crippen molar-refractivity contribution >= 4 is 5.78 Å². The molecule has 0 atom stereocenters. The highest BCUT2D eigenvalue weighted by atomic mass is 19.1. The molecule has 0 bridgehead atoms. The largest absolute Gasteiger partial charge is 0.315 e. The minimum absolute atomic E-state index is 0.134. The van der Waals surface area contributed by atoms with Gasteiger partial charge in [-0.15, -0.1) is 0 Å². The van der Waals surface area contributed by atoms with E-state index in [-0.39, 0.29) is 11.3 Å². The van der Waals surface area contributed by atoms with Crippen LogP contribution in [0, 0.1) is 5.82 Å². The molecule has 2 rings (SSSR count). The van der Waals surface area contributed by atoms with Crippen LogP contribution in [0.4, 0.5) is 4.39 Å². The van der Waals surface area contributed by atoms with Crippen LogP contribution in [0.5, 0.6) is 0 Å². The van der Waals surface area contributed by atoms with E-state index in [4.69, 9.17) is 0 Å². The molecular formula is C13H17FN2O. The first-order chi connectivity index (χ1) is 8.27. The van der Waals surface area contributed by atoms with Crippen LogP contribution in [0.3, 0.4) is 0 Å². The average molecular weight is 236 g/mol. The van der Waals surface area contributed by atoms with Crippen LogP contribution in [-0.4, -0.2) is 43.4 Å². The van der Waals surface area contributed by atoms with Crippen LogP contribution in [-0.2, 0) is 0 Å². The highest BCUT2D eigenvalue weighted by molar-refractivity contribution is 5.97. The lowest BCUT2D eigenvalue weighted by molar-refractivity contribution is 0.0931. The van der Waals surface area contributed by atoms with Crippen molar-refractivity contribution in [2.75, 3.05) is 32.7 Å². The highest BCUT2D eigenvalue weighted by Crippen LogP contribution is 2.08. The summed E-state index contributed by atoms with van der Waals surface area (Å²) in [6, 6.07) is 6.17. The standard InChI is InChI=1S/C13H17FN2O/c14-12-5-2-1-4-11(12)13(17)10-16-8-3-6-15-7-9-16/h1-2,4-5,15H,3,6-10H2. The Balaban J connectivity index is 1.98. The molecule has 0 amide bonds. The third kappa shape index (κ3) is 3.35. The van der Waals surface area contributed by atoms with E-state index in [0.29, 0.717) is 6.54 Å². The smallest absolute Gasteiger partial charge is 0.179 e. The molecule has 4 heteroatoms. The van der Waals surface area contributed by atoms with Crippen molar-refractivity contribution in [3.8, 4) is 0 Å². The Bertz CT molecular complexity index is 387. The number of carbonyl (C=O) groups excluding carboxylic acids is 1. The summed E-state index contributed by atoms with van der Waals surface area (Å²) in [5.41, 5.74) is 0.199. The quantitative estimate of drug-likeness (QED) is 0.803.